The van der Waals surface area contributed by atoms with Crippen molar-refractivity contribution in [2.75, 3.05) is 39.6 Å². The predicted molar refractivity (Wildman–Crippen MR) is 368 cm³/mol. The number of phosphoric acid groups is 2. The molecular weight excluding hydrogens is 1200 g/mol. The van der Waals surface area contributed by atoms with Crippen LogP contribution in [0.15, 0.2) is 0 Å². The van der Waals surface area contributed by atoms with E-state index in [1.54, 1.807) is 0 Å². The molecule has 0 saturated heterocycles. The van der Waals surface area contributed by atoms with Crippen LogP contribution in [0.3, 0.4) is 0 Å². The summed E-state index contributed by atoms with van der Waals surface area (Å²) in [5.41, 5.74) is 0. The molecule has 0 bridgehead atoms. The van der Waals surface area contributed by atoms with E-state index in [9.17, 15) is 43.2 Å². The Morgan fingerprint density at radius 2 is 0.560 bits per heavy atom. The van der Waals surface area contributed by atoms with Gasteiger partial charge in [0.2, 0.25) is 0 Å². The van der Waals surface area contributed by atoms with Gasteiger partial charge in [-0.25, -0.2) is 9.13 Å². The van der Waals surface area contributed by atoms with Crippen molar-refractivity contribution in [3.05, 3.63) is 0 Å². The van der Waals surface area contributed by atoms with Gasteiger partial charge in [-0.05, 0) is 37.5 Å². The van der Waals surface area contributed by atoms with Crippen LogP contribution in [-0.4, -0.2) is 96.7 Å². The molecule has 0 aliphatic carbocycles. The van der Waals surface area contributed by atoms with Crippen molar-refractivity contribution < 1.29 is 80.2 Å². The first-order chi connectivity index (χ1) is 43.9. The Kier molecular flexibility index (Phi) is 62.7. The molecule has 0 fully saturated rings. The molecule has 0 radical (unpaired) electrons. The number of unbranched alkanes of at least 4 members (excludes halogenated alkanes) is 40. The maximum atomic E-state index is 13.0. The molecule has 0 aromatic heterocycles. The molecule has 0 aliphatic rings. The first-order valence-electron chi connectivity index (χ1n) is 37.5. The van der Waals surface area contributed by atoms with Crippen LogP contribution in [0.4, 0.5) is 0 Å². The van der Waals surface area contributed by atoms with Gasteiger partial charge in [-0.15, -0.1) is 0 Å². The highest BCUT2D eigenvalue weighted by Gasteiger charge is 2.30. The Bertz CT molecular complexity index is 1770. The second-order valence-corrected chi connectivity index (χ2v) is 29.6. The molecule has 0 rings (SSSR count). The Morgan fingerprint density at radius 1 is 0.319 bits per heavy atom. The number of carbonyl (C=O) groups excluding carboxylic acids is 4. The molecule has 19 heteroatoms. The summed E-state index contributed by atoms with van der Waals surface area (Å²) in [5.74, 6) is -0.583. The first kappa shape index (κ1) is 89.1. The molecule has 3 N–H and O–H groups in total. The maximum absolute atomic E-state index is 13.0. The number of carbonyl (C=O) groups is 4. The topological polar surface area (TPSA) is 237 Å². The van der Waals surface area contributed by atoms with Gasteiger partial charge in [-0.3, -0.25) is 37.3 Å². The summed E-state index contributed by atoms with van der Waals surface area (Å²) in [6.07, 6.45) is 50.0. The van der Waals surface area contributed by atoms with Crippen molar-refractivity contribution in [3.63, 3.8) is 0 Å². The number of aliphatic hydroxyl groups is 1. The summed E-state index contributed by atoms with van der Waals surface area (Å²) in [7, 11) is -9.90. The third kappa shape index (κ3) is 65.1. The third-order valence-electron chi connectivity index (χ3n) is 17.1. The van der Waals surface area contributed by atoms with Gasteiger partial charge < -0.3 is 33.8 Å². The molecule has 0 saturated carbocycles. The smallest absolute Gasteiger partial charge is 0.462 e. The lowest BCUT2D eigenvalue weighted by Crippen LogP contribution is -2.30. The summed E-state index contributed by atoms with van der Waals surface area (Å²) in [4.78, 5) is 72.5. The molecule has 91 heavy (non-hydrogen) atoms. The fraction of sp³-hybridized carbons (Fsp3) is 0.944. The average Bonchev–Trinajstić information content (AvgIpc) is 3.74. The number of aliphatic hydroxyl groups excluding tert-OH is 1. The third-order valence-corrected chi connectivity index (χ3v) is 19.0. The fourth-order valence-corrected chi connectivity index (χ4v) is 12.5. The van der Waals surface area contributed by atoms with E-state index in [-0.39, 0.29) is 25.7 Å². The van der Waals surface area contributed by atoms with E-state index >= 15 is 0 Å². The zero-order valence-electron chi connectivity index (χ0n) is 59.1. The highest BCUT2D eigenvalue weighted by atomic mass is 31.2. The van der Waals surface area contributed by atoms with Gasteiger partial charge in [-0.1, -0.05) is 318 Å². The number of hydrogen-bond donors (Lipinski definition) is 3. The van der Waals surface area contributed by atoms with Crippen molar-refractivity contribution in [1.82, 2.24) is 0 Å². The van der Waals surface area contributed by atoms with Crippen LogP contribution in [0.25, 0.3) is 0 Å². The second kappa shape index (κ2) is 64.1. The minimum Gasteiger partial charge on any atom is -0.462 e. The van der Waals surface area contributed by atoms with E-state index in [1.807, 2.05) is 0 Å². The van der Waals surface area contributed by atoms with Crippen LogP contribution in [-0.2, 0) is 65.4 Å². The molecule has 540 valence electrons. The molecule has 6 atom stereocenters. The quantitative estimate of drug-likeness (QED) is 0.0222. The molecule has 3 unspecified atom stereocenters. The van der Waals surface area contributed by atoms with Gasteiger partial charge in [0.15, 0.2) is 12.2 Å². The van der Waals surface area contributed by atoms with Crippen molar-refractivity contribution >= 4 is 39.5 Å². The molecular formula is C72H140O17P2. The highest BCUT2D eigenvalue weighted by Crippen LogP contribution is 2.45. The Morgan fingerprint density at radius 3 is 0.835 bits per heavy atom. The minimum atomic E-state index is -4.95. The number of esters is 4. The lowest BCUT2D eigenvalue weighted by molar-refractivity contribution is -0.161. The van der Waals surface area contributed by atoms with Crippen molar-refractivity contribution in [2.24, 2.45) is 11.8 Å². The van der Waals surface area contributed by atoms with E-state index in [0.717, 1.165) is 102 Å². The SMILES string of the molecule is CCCCCCCCCCCCCCCCCC(=O)OC[C@H](COP(=O)(O)OC[C@@H](O)COP(=O)(O)OC[C@@H](COC(=O)CCCCCCCCCC)OC(=O)CCCCCCCCCC(C)C)OC(=O)CCCCCCCCCCCCCCCCC(C)CC. The molecule has 0 amide bonds. The van der Waals surface area contributed by atoms with Gasteiger partial charge >= 0.3 is 39.5 Å². The van der Waals surface area contributed by atoms with Crippen LogP contribution >= 0.6 is 15.6 Å². The molecule has 17 nitrogen and oxygen atoms in total. The monoisotopic (exact) mass is 1340 g/mol. The number of phosphoric ester groups is 2. The van der Waals surface area contributed by atoms with Gasteiger partial charge in [0.1, 0.15) is 19.3 Å². The average molecular weight is 1340 g/mol. The zero-order valence-corrected chi connectivity index (χ0v) is 60.9. The molecule has 0 aromatic carbocycles. The predicted octanol–water partition coefficient (Wildman–Crippen LogP) is 20.8. The van der Waals surface area contributed by atoms with Gasteiger partial charge in [-0.2, -0.15) is 0 Å². The summed E-state index contributed by atoms with van der Waals surface area (Å²) < 4.78 is 68.3. The summed E-state index contributed by atoms with van der Waals surface area (Å²) in [5, 5.41) is 10.6. The van der Waals surface area contributed by atoms with Crippen LogP contribution in [0.2, 0.25) is 0 Å². The Balaban J connectivity index is 5.21. The molecule has 0 heterocycles. The molecule has 0 spiro atoms. The molecule has 0 aliphatic heterocycles. The normalized spacial score (nSPS) is 14.4. The van der Waals surface area contributed by atoms with E-state index in [1.165, 1.54) is 180 Å². The van der Waals surface area contributed by atoms with Crippen LogP contribution in [0.5, 0.6) is 0 Å². The van der Waals surface area contributed by atoms with Crippen LogP contribution in [0.1, 0.15) is 369 Å². The lowest BCUT2D eigenvalue weighted by Gasteiger charge is -2.21. The maximum Gasteiger partial charge on any atom is 0.472 e. The minimum absolute atomic E-state index is 0.103. The Labute approximate surface area is 556 Å². The Hall–Kier alpha value is -1.94. The van der Waals surface area contributed by atoms with Crippen LogP contribution < -0.4 is 0 Å². The number of ether oxygens (including phenoxy) is 4. The van der Waals surface area contributed by atoms with Gasteiger partial charge in [0.05, 0.1) is 26.4 Å². The van der Waals surface area contributed by atoms with E-state index in [2.05, 4.69) is 41.5 Å². The van der Waals surface area contributed by atoms with E-state index in [4.69, 9.17) is 37.0 Å². The zero-order chi connectivity index (χ0) is 67.2. The molecule has 0 aromatic rings. The number of rotatable bonds is 71. The summed E-state index contributed by atoms with van der Waals surface area (Å²) >= 11 is 0. The van der Waals surface area contributed by atoms with E-state index < -0.39 is 97.5 Å². The summed E-state index contributed by atoms with van der Waals surface area (Å²) in [6, 6.07) is 0. The van der Waals surface area contributed by atoms with Gasteiger partial charge in [0, 0.05) is 25.7 Å². The van der Waals surface area contributed by atoms with Crippen LogP contribution in [0, 0.1) is 11.8 Å². The second-order valence-electron chi connectivity index (χ2n) is 26.7. The largest absolute Gasteiger partial charge is 0.472 e. The standard InChI is InChI=1S/C72H140O17P2/c1-7-10-12-14-16-18-19-20-21-25-28-31-37-43-49-55-70(75)83-61-67(88-71(76)56-50-44-38-32-29-26-23-22-24-27-30-35-41-47-53-65(6)9-3)62-86-90(78,79)84-58-66(73)59-85-91(80,81)87-63-68(60-82-69(74)54-48-42-36-17-15-13-11-8-2)89-72(77)57-51-45-39-33-34-40-46-52-64(4)5/h64-68,73H,7-63H2,1-6H3,(H,78,79)(H,80,81)/t65?,66-,67-,68-/m1/s1. The number of hydrogen-bond acceptors (Lipinski definition) is 15. The lowest BCUT2D eigenvalue weighted by atomic mass is 9.99. The van der Waals surface area contributed by atoms with Crippen molar-refractivity contribution in [1.29, 1.82) is 0 Å². The highest BCUT2D eigenvalue weighted by molar-refractivity contribution is 7.47. The first-order valence-corrected chi connectivity index (χ1v) is 40.5. The van der Waals surface area contributed by atoms with E-state index in [0.29, 0.717) is 31.6 Å². The fourth-order valence-electron chi connectivity index (χ4n) is 10.9. The van der Waals surface area contributed by atoms with Gasteiger partial charge in [0.25, 0.3) is 0 Å². The van der Waals surface area contributed by atoms with Crippen molar-refractivity contribution in [3.8, 4) is 0 Å². The summed E-state index contributed by atoms with van der Waals surface area (Å²) in [6.45, 7) is 9.53. The van der Waals surface area contributed by atoms with Crippen molar-refractivity contribution in [2.45, 2.75) is 387 Å².